The molecule has 2 aliphatic heterocycles. The third-order valence-electron chi connectivity index (χ3n) is 4.05. The standard InChI is InChI=1S/C12H16N4O2/c17-16(18)11-2-1-10(7-14-11)15-6-4-12(9-15)3-5-13-8-12/h1-2,7,13H,3-6,8-9H2. The molecule has 2 saturated heterocycles. The van der Waals surface area contributed by atoms with E-state index in [9.17, 15) is 10.1 Å². The maximum Gasteiger partial charge on any atom is 0.363 e. The van der Waals surface area contributed by atoms with Gasteiger partial charge < -0.3 is 20.3 Å². The van der Waals surface area contributed by atoms with Crippen molar-refractivity contribution in [1.82, 2.24) is 10.3 Å². The summed E-state index contributed by atoms with van der Waals surface area (Å²) in [5, 5.41) is 14.0. The number of pyridine rings is 1. The molecule has 18 heavy (non-hydrogen) atoms. The number of nitro groups is 1. The Hall–Kier alpha value is -1.69. The van der Waals surface area contributed by atoms with E-state index in [4.69, 9.17) is 0 Å². The van der Waals surface area contributed by atoms with Crippen molar-refractivity contribution in [2.75, 3.05) is 31.1 Å². The number of aromatic nitrogens is 1. The van der Waals surface area contributed by atoms with Gasteiger partial charge in [0.05, 0.1) is 5.69 Å². The van der Waals surface area contributed by atoms with Crippen LogP contribution in [-0.4, -0.2) is 36.1 Å². The molecule has 6 heteroatoms. The van der Waals surface area contributed by atoms with Crippen LogP contribution in [0.3, 0.4) is 0 Å². The molecule has 1 unspecified atom stereocenters. The molecule has 1 aromatic rings. The van der Waals surface area contributed by atoms with E-state index in [1.54, 1.807) is 12.3 Å². The van der Waals surface area contributed by atoms with Crippen LogP contribution in [0.1, 0.15) is 12.8 Å². The lowest BCUT2D eigenvalue weighted by Crippen LogP contribution is -2.29. The summed E-state index contributed by atoms with van der Waals surface area (Å²) in [5.41, 5.74) is 1.39. The van der Waals surface area contributed by atoms with Gasteiger partial charge in [-0.05, 0) is 35.4 Å². The Kier molecular flexibility index (Phi) is 2.66. The van der Waals surface area contributed by atoms with E-state index in [1.165, 1.54) is 18.9 Å². The molecule has 1 N–H and O–H groups in total. The lowest BCUT2D eigenvalue weighted by atomic mass is 9.86. The average molecular weight is 248 g/mol. The second-order valence-electron chi connectivity index (χ2n) is 5.23. The maximum absolute atomic E-state index is 10.6. The highest BCUT2D eigenvalue weighted by Crippen LogP contribution is 2.38. The van der Waals surface area contributed by atoms with Crippen LogP contribution in [0, 0.1) is 15.5 Å². The van der Waals surface area contributed by atoms with Crippen molar-refractivity contribution in [3.8, 4) is 0 Å². The highest BCUT2D eigenvalue weighted by atomic mass is 16.6. The molecular formula is C12H16N4O2. The Morgan fingerprint density at radius 3 is 2.94 bits per heavy atom. The zero-order valence-electron chi connectivity index (χ0n) is 10.1. The van der Waals surface area contributed by atoms with Crippen molar-refractivity contribution in [2.45, 2.75) is 12.8 Å². The minimum atomic E-state index is -0.462. The molecule has 1 atom stereocenters. The molecule has 0 radical (unpaired) electrons. The van der Waals surface area contributed by atoms with Crippen molar-refractivity contribution in [3.63, 3.8) is 0 Å². The predicted molar refractivity (Wildman–Crippen MR) is 67.6 cm³/mol. The van der Waals surface area contributed by atoms with Gasteiger partial charge in [-0.3, -0.25) is 0 Å². The van der Waals surface area contributed by atoms with Crippen molar-refractivity contribution in [3.05, 3.63) is 28.4 Å². The molecule has 0 bridgehead atoms. The highest BCUT2D eigenvalue weighted by Gasteiger charge is 2.40. The molecular weight excluding hydrogens is 232 g/mol. The molecule has 0 aromatic carbocycles. The van der Waals surface area contributed by atoms with E-state index in [-0.39, 0.29) is 5.82 Å². The van der Waals surface area contributed by atoms with Gasteiger partial charge in [0.15, 0.2) is 6.20 Å². The van der Waals surface area contributed by atoms with Crippen molar-refractivity contribution < 1.29 is 4.92 Å². The van der Waals surface area contributed by atoms with Gasteiger partial charge in [0, 0.05) is 31.1 Å². The fourth-order valence-electron chi connectivity index (χ4n) is 2.97. The second kappa shape index (κ2) is 4.20. The summed E-state index contributed by atoms with van der Waals surface area (Å²) < 4.78 is 0. The first-order chi connectivity index (χ1) is 8.69. The summed E-state index contributed by atoms with van der Waals surface area (Å²) in [5.74, 6) is -0.0878. The average Bonchev–Trinajstić information content (AvgIpc) is 3.01. The van der Waals surface area contributed by atoms with Crippen LogP contribution >= 0.6 is 0 Å². The number of nitrogens with one attached hydrogen (secondary N) is 1. The molecule has 0 amide bonds. The smallest absolute Gasteiger partial charge is 0.363 e. The molecule has 2 aliphatic rings. The van der Waals surface area contributed by atoms with Crippen LogP contribution in [0.5, 0.6) is 0 Å². The Morgan fingerprint density at radius 1 is 1.44 bits per heavy atom. The first-order valence-electron chi connectivity index (χ1n) is 6.25. The SMILES string of the molecule is O=[N+]([O-])c1ccc(N2CCC3(CCNC3)C2)cn1. The van der Waals surface area contributed by atoms with Crippen LogP contribution in [0.25, 0.3) is 0 Å². The summed E-state index contributed by atoms with van der Waals surface area (Å²) in [6, 6.07) is 3.28. The van der Waals surface area contributed by atoms with Gasteiger partial charge in [-0.1, -0.05) is 0 Å². The number of hydrogen-bond donors (Lipinski definition) is 1. The number of anilines is 1. The summed E-state index contributed by atoms with van der Waals surface area (Å²) >= 11 is 0. The molecule has 96 valence electrons. The Balaban J connectivity index is 1.74. The fourth-order valence-corrected chi connectivity index (χ4v) is 2.97. The Morgan fingerprint density at radius 2 is 2.33 bits per heavy atom. The maximum atomic E-state index is 10.6. The van der Waals surface area contributed by atoms with Crippen LogP contribution in [-0.2, 0) is 0 Å². The molecule has 0 aliphatic carbocycles. The van der Waals surface area contributed by atoms with Crippen molar-refractivity contribution in [2.24, 2.45) is 5.41 Å². The molecule has 6 nitrogen and oxygen atoms in total. The molecule has 1 aromatic heterocycles. The highest BCUT2D eigenvalue weighted by molar-refractivity contribution is 5.48. The minimum Gasteiger partial charge on any atom is -0.368 e. The summed E-state index contributed by atoms with van der Waals surface area (Å²) in [6.07, 6.45) is 4.03. The quantitative estimate of drug-likeness (QED) is 0.628. The van der Waals surface area contributed by atoms with Crippen LogP contribution in [0.15, 0.2) is 18.3 Å². The molecule has 0 saturated carbocycles. The third-order valence-corrected chi connectivity index (χ3v) is 4.05. The first-order valence-corrected chi connectivity index (χ1v) is 6.25. The van der Waals surface area contributed by atoms with E-state index in [2.05, 4.69) is 15.2 Å². The Labute approximate surface area is 105 Å². The van der Waals surface area contributed by atoms with E-state index in [0.717, 1.165) is 31.9 Å². The van der Waals surface area contributed by atoms with E-state index in [0.29, 0.717) is 5.41 Å². The zero-order chi connectivity index (χ0) is 12.6. The van der Waals surface area contributed by atoms with Crippen LogP contribution in [0.4, 0.5) is 11.5 Å². The first kappa shape index (κ1) is 11.4. The monoisotopic (exact) mass is 248 g/mol. The molecule has 3 heterocycles. The lowest BCUT2D eigenvalue weighted by molar-refractivity contribution is -0.389. The van der Waals surface area contributed by atoms with Gasteiger partial charge >= 0.3 is 5.82 Å². The van der Waals surface area contributed by atoms with E-state index < -0.39 is 4.92 Å². The van der Waals surface area contributed by atoms with E-state index >= 15 is 0 Å². The Bertz CT molecular complexity index is 454. The molecule has 1 spiro atoms. The van der Waals surface area contributed by atoms with E-state index in [1.807, 2.05) is 0 Å². The minimum absolute atomic E-state index is 0.0878. The molecule has 2 fully saturated rings. The summed E-state index contributed by atoms with van der Waals surface area (Å²) in [7, 11) is 0. The van der Waals surface area contributed by atoms with Gasteiger partial charge in [0.25, 0.3) is 0 Å². The normalized spacial score (nSPS) is 27.0. The van der Waals surface area contributed by atoms with Crippen molar-refractivity contribution >= 4 is 11.5 Å². The van der Waals surface area contributed by atoms with Gasteiger partial charge in [-0.15, -0.1) is 0 Å². The largest absolute Gasteiger partial charge is 0.368 e. The fraction of sp³-hybridized carbons (Fsp3) is 0.583. The third kappa shape index (κ3) is 1.92. The zero-order valence-corrected chi connectivity index (χ0v) is 10.1. The summed E-state index contributed by atoms with van der Waals surface area (Å²) in [4.78, 5) is 16.3. The topological polar surface area (TPSA) is 71.3 Å². The van der Waals surface area contributed by atoms with Gasteiger partial charge in [0.1, 0.15) is 0 Å². The predicted octanol–water partition coefficient (Wildman–Crippen LogP) is 1.18. The van der Waals surface area contributed by atoms with Gasteiger partial charge in [0.2, 0.25) is 0 Å². The van der Waals surface area contributed by atoms with Crippen LogP contribution in [0.2, 0.25) is 0 Å². The number of rotatable bonds is 2. The number of nitrogens with zero attached hydrogens (tertiary/aromatic N) is 3. The summed E-state index contributed by atoms with van der Waals surface area (Å²) in [6.45, 7) is 4.23. The second-order valence-corrected chi connectivity index (χ2v) is 5.23. The molecule has 3 rings (SSSR count). The van der Waals surface area contributed by atoms with Gasteiger partial charge in [-0.2, -0.15) is 0 Å². The van der Waals surface area contributed by atoms with Crippen LogP contribution < -0.4 is 10.2 Å². The van der Waals surface area contributed by atoms with Crippen molar-refractivity contribution in [1.29, 1.82) is 0 Å². The lowest BCUT2D eigenvalue weighted by Gasteiger charge is -2.23. The van der Waals surface area contributed by atoms with Gasteiger partial charge in [-0.25, -0.2) is 0 Å². The number of hydrogen-bond acceptors (Lipinski definition) is 5.